The Kier molecular flexibility index (Phi) is 5.30. The van der Waals surface area contributed by atoms with Crippen LogP contribution in [0.3, 0.4) is 0 Å². The number of nitrogens with one attached hydrogen (secondary N) is 1. The van der Waals surface area contributed by atoms with Gasteiger partial charge < -0.3 is 15.8 Å². The number of carbonyl (C=O) groups excluding carboxylic acids is 2. The second kappa shape index (κ2) is 7.40. The SMILES string of the molecule is CCC(OC(=O)c1cccc(N)c1)C(=O)Nc1ccc(F)cc1. The fraction of sp³-hybridized carbons (Fsp3) is 0.176. The Hall–Kier alpha value is -2.89. The van der Waals surface area contributed by atoms with Crippen LogP contribution in [0.25, 0.3) is 0 Å². The monoisotopic (exact) mass is 316 g/mol. The standard InChI is InChI=1S/C17H17FN2O3/c1-2-15(16(21)20-14-8-6-12(18)7-9-14)23-17(22)11-4-3-5-13(19)10-11/h3-10,15H,2,19H2,1H3,(H,20,21). The molecule has 0 bridgehead atoms. The third kappa shape index (κ3) is 4.54. The lowest BCUT2D eigenvalue weighted by Crippen LogP contribution is -2.32. The van der Waals surface area contributed by atoms with Crippen LogP contribution >= 0.6 is 0 Å². The van der Waals surface area contributed by atoms with E-state index in [4.69, 9.17) is 10.5 Å². The first-order chi connectivity index (χ1) is 11.0. The summed E-state index contributed by atoms with van der Waals surface area (Å²) in [6, 6.07) is 11.6. The number of anilines is 2. The van der Waals surface area contributed by atoms with Crippen molar-refractivity contribution < 1.29 is 18.7 Å². The van der Waals surface area contributed by atoms with E-state index in [2.05, 4.69) is 5.32 Å². The van der Waals surface area contributed by atoms with Crippen molar-refractivity contribution in [1.29, 1.82) is 0 Å². The van der Waals surface area contributed by atoms with Crippen molar-refractivity contribution in [3.05, 3.63) is 59.9 Å². The Bertz CT molecular complexity index is 701. The summed E-state index contributed by atoms with van der Waals surface area (Å²) in [6.07, 6.45) is -0.643. The number of nitrogens with two attached hydrogens (primary N) is 1. The maximum absolute atomic E-state index is 12.8. The van der Waals surface area contributed by atoms with Crippen molar-refractivity contribution in [1.82, 2.24) is 0 Å². The van der Waals surface area contributed by atoms with Gasteiger partial charge in [0.05, 0.1) is 5.56 Å². The zero-order valence-corrected chi connectivity index (χ0v) is 12.6. The van der Waals surface area contributed by atoms with Crippen LogP contribution in [0, 0.1) is 5.82 Å². The van der Waals surface area contributed by atoms with E-state index >= 15 is 0 Å². The van der Waals surface area contributed by atoms with Crippen molar-refractivity contribution in [3.8, 4) is 0 Å². The summed E-state index contributed by atoms with van der Waals surface area (Å²) in [5.41, 5.74) is 6.75. The fourth-order valence-electron chi connectivity index (χ4n) is 1.94. The van der Waals surface area contributed by atoms with Gasteiger partial charge in [0.15, 0.2) is 6.10 Å². The highest BCUT2D eigenvalue weighted by Gasteiger charge is 2.22. The minimum absolute atomic E-state index is 0.276. The molecular weight excluding hydrogens is 299 g/mol. The van der Waals surface area contributed by atoms with E-state index in [1.54, 1.807) is 25.1 Å². The van der Waals surface area contributed by atoms with E-state index in [1.165, 1.54) is 30.3 Å². The highest BCUT2D eigenvalue weighted by Crippen LogP contribution is 2.13. The van der Waals surface area contributed by atoms with E-state index < -0.39 is 23.8 Å². The molecular formula is C17H17FN2O3. The van der Waals surface area contributed by atoms with Gasteiger partial charge in [-0.2, -0.15) is 0 Å². The summed E-state index contributed by atoms with van der Waals surface area (Å²) < 4.78 is 18.1. The molecule has 1 unspecified atom stereocenters. The predicted molar refractivity (Wildman–Crippen MR) is 85.4 cm³/mol. The van der Waals surface area contributed by atoms with E-state index in [0.29, 0.717) is 17.8 Å². The topological polar surface area (TPSA) is 81.4 Å². The van der Waals surface area contributed by atoms with Crippen molar-refractivity contribution >= 4 is 23.3 Å². The summed E-state index contributed by atoms with van der Waals surface area (Å²) in [5.74, 6) is -1.50. The van der Waals surface area contributed by atoms with Gasteiger partial charge in [0.1, 0.15) is 5.82 Å². The lowest BCUT2D eigenvalue weighted by molar-refractivity contribution is -0.124. The molecule has 0 aromatic heterocycles. The molecule has 3 N–H and O–H groups in total. The Labute approximate surface area is 133 Å². The predicted octanol–water partition coefficient (Wildman–Crippen LogP) is 2.98. The molecule has 0 aliphatic rings. The van der Waals surface area contributed by atoms with Crippen molar-refractivity contribution in [2.24, 2.45) is 0 Å². The van der Waals surface area contributed by atoms with Gasteiger partial charge in [-0.15, -0.1) is 0 Å². The zero-order valence-electron chi connectivity index (χ0n) is 12.6. The molecule has 0 spiro atoms. The fourth-order valence-corrected chi connectivity index (χ4v) is 1.94. The molecule has 0 saturated carbocycles. The summed E-state index contributed by atoms with van der Waals surface area (Å²) in [7, 11) is 0. The Morgan fingerprint density at radius 1 is 1.22 bits per heavy atom. The molecule has 1 amide bonds. The largest absolute Gasteiger partial charge is 0.449 e. The normalized spacial score (nSPS) is 11.6. The van der Waals surface area contributed by atoms with Crippen LogP contribution in [0.4, 0.5) is 15.8 Å². The van der Waals surface area contributed by atoms with Gasteiger partial charge in [0.25, 0.3) is 5.91 Å². The van der Waals surface area contributed by atoms with Crippen molar-refractivity contribution in [2.45, 2.75) is 19.4 Å². The van der Waals surface area contributed by atoms with Crippen LogP contribution in [0.2, 0.25) is 0 Å². The number of amides is 1. The quantitative estimate of drug-likeness (QED) is 0.656. The van der Waals surface area contributed by atoms with Crippen LogP contribution in [0.1, 0.15) is 23.7 Å². The number of hydrogen-bond acceptors (Lipinski definition) is 4. The highest BCUT2D eigenvalue weighted by molar-refractivity contribution is 5.97. The molecule has 0 aliphatic carbocycles. The molecule has 6 heteroatoms. The lowest BCUT2D eigenvalue weighted by atomic mass is 10.2. The summed E-state index contributed by atoms with van der Waals surface area (Å²) in [5, 5.41) is 2.58. The third-order valence-electron chi connectivity index (χ3n) is 3.15. The Balaban J connectivity index is 2.02. The number of esters is 1. The van der Waals surface area contributed by atoms with Gasteiger partial charge >= 0.3 is 5.97 Å². The maximum atomic E-state index is 12.8. The summed E-state index contributed by atoms with van der Waals surface area (Å²) in [4.78, 5) is 24.2. The van der Waals surface area contributed by atoms with Crippen LogP contribution < -0.4 is 11.1 Å². The van der Waals surface area contributed by atoms with Gasteiger partial charge in [-0.25, -0.2) is 9.18 Å². The number of carbonyl (C=O) groups is 2. The lowest BCUT2D eigenvalue weighted by Gasteiger charge is -2.16. The minimum atomic E-state index is -0.950. The van der Waals surface area contributed by atoms with Crippen molar-refractivity contribution in [3.63, 3.8) is 0 Å². The summed E-state index contributed by atoms with van der Waals surface area (Å²) in [6.45, 7) is 1.72. The summed E-state index contributed by atoms with van der Waals surface area (Å²) >= 11 is 0. The molecule has 1 atom stereocenters. The van der Waals surface area contributed by atoms with Gasteiger partial charge in [-0.05, 0) is 48.9 Å². The second-order valence-corrected chi connectivity index (χ2v) is 4.92. The van der Waals surface area contributed by atoms with Crippen LogP contribution in [-0.4, -0.2) is 18.0 Å². The second-order valence-electron chi connectivity index (χ2n) is 4.92. The van der Waals surface area contributed by atoms with Crippen LogP contribution in [0.15, 0.2) is 48.5 Å². The molecule has 0 radical (unpaired) electrons. The Morgan fingerprint density at radius 2 is 1.91 bits per heavy atom. The van der Waals surface area contributed by atoms with Crippen molar-refractivity contribution in [2.75, 3.05) is 11.1 Å². The smallest absolute Gasteiger partial charge is 0.338 e. The van der Waals surface area contributed by atoms with E-state index in [-0.39, 0.29) is 5.56 Å². The molecule has 0 saturated heterocycles. The number of rotatable bonds is 5. The molecule has 2 aromatic rings. The number of benzene rings is 2. The van der Waals surface area contributed by atoms with Crippen LogP contribution in [0.5, 0.6) is 0 Å². The molecule has 23 heavy (non-hydrogen) atoms. The van der Waals surface area contributed by atoms with Gasteiger partial charge in [0, 0.05) is 11.4 Å². The first-order valence-corrected chi connectivity index (χ1v) is 7.12. The maximum Gasteiger partial charge on any atom is 0.338 e. The number of nitrogen functional groups attached to an aromatic ring is 1. The third-order valence-corrected chi connectivity index (χ3v) is 3.15. The molecule has 0 heterocycles. The number of halogens is 1. The highest BCUT2D eigenvalue weighted by atomic mass is 19.1. The Morgan fingerprint density at radius 3 is 2.52 bits per heavy atom. The van der Waals surface area contributed by atoms with E-state index in [9.17, 15) is 14.0 Å². The minimum Gasteiger partial charge on any atom is -0.449 e. The molecule has 2 aromatic carbocycles. The van der Waals surface area contributed by atoms with Gasteiger partial charge in [0.2, 0.25) is 0 Å². The molecule has 2 rings (SSSR count). The van der Waals surface area contributed by atoms with Crippen LogP contribution in [-0.2, 0) is 9.53 Å². The van der Waals surface area contributed by atoms with Gasteiger partial charge in [-0.1, -0.05) is 13.0 Å². The van der Waals surface area contributed by atoms with E-state index in [0.717, 1.165) is 0 Å². The number of ether oxygens (including phenoxy) is 1. The molecule has 0 aliphatic heterocycles. The number of hydrogen-bond donors (Lipinski definition) is 2. The average Bonchev–Trinajstić information content (AvgIpc) is 2.54. The first-order valence-electron chi connectivity index (χ1n) is 7.12. The van der Waals surface area contributed by atoms with E-state index in [1.807, 2.05) is 0 Å². The average molecular weight is 316 g/mol. The van der Waals surface area contributed by atoms with Gasteiger partial charge in [-0.3, -0.25) is 4.79 Å². The molecule has 0 fully saturated rings. The first kappa shape index (κ1) is 16.5. The zero-order chi connectivity index (χ0) is 16.8. The molecule has 5 nitrogen and oxygen atoms in total. The molecule has 120 valence electrons.